The molecule has 0 radical (unpaired) electrons. The number of para-hydroxylation sites is 1. The summed E-state index contributed by atoms with van der Waals surface area (Å²) in [6.07, 6.45) is 2.63. The molecular formula is C13H20ClNO. The van der Waals surface area contributed by atoms with Crippen molar-refractivity contribution in [3.63, 3.8) is 0 Å². The van der Waals surface area contributed by atoms with Gasteiger partial charge in [-0.2, -0.15) is 0 Å². The predicted molar refractivity (Wildman–Crippen MR) is 70.3 cm³/mol. The molecule has 0 aliphatic heterocycles. The molecule has 1 atom stereocenters. The van der Waals surface area contributed by atoms with Crippen LogP contribution in [0.25, 0.3) is 0 Å². The van der Waals surface area contributed by atoms with Gasteiger partial charge >= 0.3 is 0 Å². The first-order chi connectivity index (χ1) is 7.74. The van der Waals surface area contributed by atoms with E-state index in [0.717, 1.165) is 23.7 Å². The monoisotopic (exact) mass is 241 g/mol. The van der Waals surface area contributed by atoms with E-state index in [1.54, 1.807) is 0 Å². The van der Waals surface area contributed by atoms with Crippen LogP contribution in [0, 0.1) is 0 Å². The Morgan fingerprint density at radius 1 is 1.38 bits per heavy atom. The number of benzene rings is 1. The molecule has 1 N–H and O–H groups in total. The summed E-state index contributed by atoms with van der Waals surface area (Å²) in [7, 11) is 0. The Kier molecular flexibility index (Phi) is 6.27. The normalized spacial score (nSPS) is 12.4. The van der Waals surface area contributed by atoms with Gasteiger partial charge in [0.2, 0.25) is 0 Å². The van der Waals surface area contributed by atoms with Crippen LogP contribution in [-0.4, -0.2) is 19.3 Å². The fraction of sp³-hybridized carbons (Fsp3) is 0.538. The van der Waals surface area contributed by atoms with Crippen molar-refractivity contribution in [3.05, 3.63) is 29.3 Å². The molecule has 2 nitrogen and oxygen atoms in total. The van der Waals surface area contributed by atoms with E-state index in [9.17, 15) is 0 Å². The first-order valence-electron chi connectivity index (χ1n) is 5.84. The second-order valence-corrected chi connectivity index (χ2v) is 4.28. The Labute approximate surface area is 103 Å². The summed E-state index contributed by atoms with van der Waals surface area (Å²) in [6, 6.07) is 7.74. The maximum atomic E-state index is 6.01. The quantitative estimate of drug-likeness (QED) is 0.730. The van der Waals surface area contributed by atoms with Gasteiger partial charge in [0.05, 0.1) is 23.4 Å². The molecule has 0 fully saturated rings. The van der Waals surface area contributed by atoms with E-state index in [2.05, 4.69) is 19.2 Å². The molecule has 16 heavy (non-hydrogen) atoms. The Hall–Kier alpha value is -0.730. The standard InChI is InChI=1S/C13H20ClNO/c1-3-6-11(2)16-10-9-15-13-8-5-4-7-12(13)14/h4-5,7-8,11,15H,3,6,9-10H2,1-2H3. The van der Waals surface area contributed by atoms with Crippen molar-refractivity contribution in [3.8, 4) is 0 Å². The maximum absolute atomic E-state index is 6.01. The topological polar surface area (TPSA) is 21.3 Å². The lowest BCUT2D eigenvalue weighted by Gasteiger charge is -2.13. The Balaban J connectivity index is 2.19. The number of hydrogen-bond donors (Lipinski definition) is 1. The molecule has 1 aromatic rings. The molecule has 0 aliphatic rings. The van der Waals surface area contributed by atoms with E-state index in [1.165, 1.54) is 6.42 Å². The van der Waals surface area contributed by atoms with Crippen molar-refractivity contribution >= 4 is 17.3 Å². The van der Waals surface area contributed by atoms with Gasteiger partial charge in [-0.15, -0.1) is 0 Å². The SMILES string of the molecule is CCCC(C)OCCNc1ccccc1Cl. The van der Waals surface area contributed by atoms with Crippen LogP contribution in [0.15, 0.2) is 24.3 Å². The van der Waals surface area contributed by atoms with Crippen molar-refractivity contribution in [2.75, 3.05) is 18.5 Å². The van der Waals surface area contributed by atoms with Crippen molar-refractivity contribution < 1.29 is 4.74 Å². The first kappa shape index (κ1) is 13.3. The highest BCUT2D eigenvalue weighted by atomic mass is 35.5. The van der Waals surface area contributed by atoms with E-state index in [-0.39, 0.29) is 0 Å². The zero-order chi connectivity index (χ0) is 11.8. The molecule has 1 rings (SSSR count). The third-order valence-electron chi connectivity index (χ3n) is 2.39. The first-order valence-corrected chi connectivity index (χ1v) is 6.21. The van der Waals surface area contributed by atoms with Crippen LogP contribution in [0.2, 0.25) is 5.02 Å². The third-order valence-corrected chi connectivity index (χ3v) is 2.72. The number of rotatable bonds is 7. The van der Waals surface area contributed by atoms with Crippen LogP contribution < -0.4 is 5.32 Å². The largest absolute Gasteiger partial charge is 0.382 e. The molecular weight excluding hydrogens is 222 g/mol. The molecule has 3 heteroatoms. The van der Waals surface area contributed by atoms with Gasteiger partial charge in [0.25, 0.3) is 0 Å². The van der Waals surface area contributed by atoms with Gasteiger partial charge in [0.15, 0.2) is 0 Å². The van der Waals surface area contributed by atoms with E-state index >= 15 is 0 Å². The molecule has 1 aromatic carbocycles. The Bertz CT molecular complexity index is 304. The fourth-order valence-electron chi connectivity index (χ4n) is 1.54. The van der Waals surface area contributed by atoms with Crippen LogP contribution in [0.1, 0.15) is 26.7 Å². The van der Waals surface area contributed by atoms with Gasteiger partial charge in [-0.3, -0.25) is 0 Å². The van der Waals surface area contributed by atoms with Crippen molar-refractivity contribution in [2.45, 2.75) is 32.8 Å². The van der Waals surface area contributed by atoms with Crippen LogP contribution in [0.3, 0.4) is 0 Å². The van der Waals surface area contributed by atoms with Gasteiger partial charge in [0.1, 0.15) is 0 Å². The summed E-state index contributed by atoms with van der Waals surface area (Å²) in [4.78, 5) is 0. The van der Waals surface area contributed by atoms with Crippen molar-refractivity contribution in [2.24, 2.45) is 0 Å². The molecule has 0 amide bonds. The number of ether oxygens (including phenoxy) is 1. The average molecular weight is 242 g/mol. The number of hydrogen-bond acceptors (Lipinski definition) is 2. The smallest absolute Gasteiger partial charge is 0.0642 e. The zero-order valence-electron chi connectivity index (χ0n) is 10.0. The average Bonchev–Trinajstić information content (AvgIpc) is 2.27. The molecule has 0 saturated carbocycles. The molecule has 0 spiro atoms. The second kappa shape index (κ2) is 7.53. The van der Waals surface area contributed by atoms with Gasteiger partial charge in [-0.05, 0) is 25.5 Å². The van der Waals surface area contributed by atoms with Crippen LogP contribution in [0.5, 0.6) is 0 Å². The van der Waals surface area contributed by atoms with Crippen molar-refractivity contribution in [1.82, 2.24) is 0 Å². The molecule has 90 valence electrons. The molecule has 0 saturated heterocycles. The fourth-order valence-corrected chi connectivity index (χ4v) is 1.74. The summed E-state index contributed by atoms with van der Waals surface area (Å²) in [5.74, 6) is 0. The molecule has 0 heterocycles. The lowest BCUT2D eigenvalue weighted by atomic mass is 10.2. The minimum absolute atomic E-state index is 0.345. The summed E-state index contributed by atoms with van der Waals surface area (Å²) >= 11 is 6.01. The van der Waals surface area contributed by atoms with Gasteiger partial charge in [-0.1, -0.05) is 37.1 Å². The van der Waals surface area contributed by atoms with Crippen LogP contribution >= 0.6 is 11.6 Å². The second-order valence-electron chi connectivity index (χ2n) is 3.88. The highest BCUT2D eigenvalue weighted by Gasteiger charge is 2.00. The molecule has 0 aliphatic carbocycles. The predicted octanol–water partition coefficient (Wildman–Crippen LogP) is 3.96. The minimum atomic E-state index is 0.345. The summed E-state index contributed by atoms with van der Waals surface area (Å²) in [5, 5.41) is 4.01. The molecule has 0 aromatic heterocycles. The van der Waals surface area contributed by atoms with E-state index in [4.69, 9.17) is 16.3 Å². The van der Waals surface area contributed by atoms with Gasteiger partial charge < -0.3 is 10.1 Å². The lowest BCUT2D eigenvalue weighted by Crippen LogP contribution is -2.15. The minimum Gasteiger partial charge on any atom is -0.382 e. The highest BCUT2D eigenvalue weighted by molar-refractivity contribution is 6.33. The van der Waals surface area contributed by atoms with Gasteiger partial charge in [0, 0.05) is 6.54 Å². The van der Waals surface area contributed by atoms with E-state index in [0.29, 0.717) is 12.7 Å². The summed E-state index contributed by atoms with van der Waals surface area (Å²) < 4.78 is 5.64. The number of nitrogens with one attached hydrogen (secondary N) is 1. The van der Waals surface area contributed by atoms with Crippen molar-refractivity contribution in [1.29, 1.82) is 0 Å². The highest BCUT2D eigenvalue weighted by Crippen LogP contribution is 2.19. The number of anilines is 1. The summed E-state index contributed by atoms with van der Waals surface area (Å²) in [6.45, 7) is 5.78. The number of halogens is 1. The third kappa shape index (κ3) is 4.86. The lowest BCUT2D eigenvalue weighted by molar-refractivity contribution is 0.0673. The van der Waals surface area contributed by atoms with Crippen LogP contribution in [-0.2, 0) is 4.74 Å². The van der Waals surface area contributed by atoms with Gasteiger partial charge in [-0.25, -0.2) is 0 Å². The van der Waals surface area contributed by atoms with E-state index < -0.39 is 0 Å². The summed E-state index contributed by atoms with van der Waals surface area (Å²) in [5.41, 5.74) is 0.968. The van der Waals surface area contributed by atoms with Crippen LogP contribution in [0.4, 0.5) is 5.69 Å². The Morgan fingerprint density at radius 2 is 2.12 bits per heavy atom. The molecule has 0 bridgehead atoms. The zero-order valence-corrected chi connectivity index (χ0v) is 10.8. The Morgan fingerprint density at radius 3 is 2.81 bits per heavy atom. The molecule has 1 unspecified atom stereocenters. The van der Waals surface area contributed by atoms with E-state index in [1.807, 2.05) is 24.3 Å². The maximum Gasteiger partial charge on any atom is 0.0642 e.